The average molecular weight is 272 g/mol. The minimum atomic E-state index is 0.0864. The van der Waals surface area contributed by atoms with Gasteiger partial charge in [0.2, 0.25) is 5.91 Å². The summed E-state index contributed by atoms with van der Waals surface area (Å²) in [6.45, 7) is 2.84. The van der Waals surface area contributed by atoms with Crippen LogP contribution >= 0.6 is 0 Å². The second-order valence-electron chi connectivity index (χ2n) is 6.01. The van der Waals surface area contributed by atoms with Crippen molar-refractivity contribution in [2.75, 3.05) is 19.6 Å². The second kappa shape index (κ2) is 6.40. The number of hydrogen-bond acceptors (Lipinski definition) is 2. The fourth-order valence-corrected chi connectivity index (χ4v) is 3.49. The van der Waals surface area contributed by atoms with Crippen LogP contribution in [-0.2, 0) is 4.79 Å². The Morgan fingerprint density at radius 3 is 2.65 bits per heavy atom. The quantitative estimate of drug-likeness (QED) is 0.897. The predicted molar refractivity (Wildman–Crippen MR) is 80.6 cm³/mol. The molecular weight excluding hydrogens is 248 g/mol. The van der Waals surface area contributed by atoms with Gasteiger partial charge in [-0.05, 0) is 50.1 Å². The van der Waals surface area contributed by atoms with Gasteiger partial charge in [-0.25, -0.2) is 0 Å². The summed E-state index contributed by atoms with van der Waals surface area (Å²) in [5.74, 6) is 0.946. The zero-order valence-electron chi connectivity index (χ0n) is 12.1. The van der Waals surface area contributed by atoms with Gasteiger partial charge >= 0.3 is 0 Å². The first kappa shape index (κ1) is 13.6. The van der Waals surface area contributed by atoms with Crippen molar-refractivity contribution in [2.24, 2.45) is 0 Å². The molecule has 0 spiro atoms. The Labute approximate surface area is 121 Å². The molecule has 0 saturated carbocycles. The van der Waals surface area contributed by atoms with E-state index in [1.165, 1.54) is 12.0 Å². The van der Waals surface area contributed by atoms with Crippen LogP contribution in [-0.4, -0.2) is 36.5 Å². The maximum Gasteiger partial charge on any atom is 0.239 e. The minimum absolute atomic E-state index is 0.0864. The monoisotopic (exact) mass is 272 g/mol. The van der Waals surface area contributed by atoms with Gasteiger partial charge in [0.15, 0.2) is 0 Å². The van der Waals surface area contributed by atoms with Crippen LogP contribution in [0.4, 0.5) is 0 Å². The molecule has 0 radical (unpaired) electrons. The van der Waals surface area contributed by atoms with E-state index >= 15 is 0 Å². The number of nitrogens with zero attached hydrogens (tertiary/aromatic N) is 1. The maximum atomic E-state index is 12.5. The highest BCUT2D eigenvalue weighted by molar-refractivity contribution is 5.82. The van der Waals surface area contributed by atoms with Crippen molar-refractivity contribution in [3.05, 3.63) is 35.9 Å². The molecule has 1 N–H and O–H groups in total. The first-order valence-corrected chi connectivity index (χ1v) is 7.92. The molecule has 0 aromatic heterocycles. The Hall–Kier alpha value is -1.35. The van der Waals surface area contributed by atoms with E-state index in [2.05, 4.69) is 40.5 Å². The molecule has 2 fully saturated rings. The standard InChI is InChI=1S/C17H24N2O/c20-17(16-9-4-11-18-16)19-12-5-8-15(10-13-19)14-6-2-1-3-7-14/h1-3,6-7,15-16,18H,4-5,8-13H2. The third kappa shape index (κ3) is 3.04. The van der Waals surface area contributed by atoms with E-state index in [4.69, 9.17) is 0 Å². The predicted octanol–water partition coefficient (Wildman–Crippen LogP) is 2.53. The van der Waals surface area contributed by atoms with Crippen molar-refractivity contribution < 1.29 is 4.79 Å². The highest BCUT2D eigenvalue weighted by atomic mass is 16.2. The van der Waals surface area contributed by atoms with Crippen LogP contribution < -0.4 is 5.32 Å². The topological polar surface area (TPSA) is 32.3 Å². The van der Waals surface area contributed by atoms with Gasteiger partial charge in [0, 0.05) is 13.1 Å². The molecule has 1 aromatic carbocycles. The van der Waals surface area contributed by atoms with Gasteiger partial charge in [0.25, 0.3) is 0 Å². The lowest BCUT2D eigenvalue weighted by Crippen LogP contribution is -2.44. The van der Waals surface area contributed by atoms with Crippen LogP contribution in [0.5, 0.6) is 0 Å². The molecule has 3 heteroatoms. The van der Waals surface area contributed by atoms with Crippen LogP contribution in [0.1, 0.15) is 43.6 Å². The molecule has 2 atom stereocenters. The molecule has 2 saturated heterocycles. The van der Waals surface area contributed by atoms with E-state index in [0.29, 0.717) is 11.8 Å². The van der Waals surface area contributed by atoms with Crippen molar-refractivity contribution in [1.82, 2.24) is 10.2 Å². The van der Waals surface area contributed by atoms with Crippen LogP contribution in [0.25, 0.3) is 0 Å². The van der Waals surface area contributed by atoms with Gasteiger partial charge in [0.05, 0.1) is 6.04 Å². The number of carbonyl (C=O) groups is 1. The van der Waals surface area contributed by atoms with Crippen molar-refractivity contribution >= 4 is 5.91 Å². The van der Waals surface area contributed by atoms with E-state index in [1.54, 1.807) is 0 Å². The number of hydrogen-bond donors (Lipinski definition) is 1. The van der Waals surface area contributed by atoms with E-state index in [-0.39, 0.29) is 6.04 Å². The second-order valence-corrected chi connectivity index (χ2v) is 6.01. The number of nitrogens with one attached hydrogen (secondary N) is 1. The molecule has 0 aliphatic carbocycles. The molecule has 2 unspecified atom stereocenters. The normalized spacial score (nSPS) is 27.3. The SMILES string of the molecule is O=C(C1CCCN1)N1CCCC(c2ccccc2)CC1. The van der Waals surface area contributed by atoms with E-state index < -0.39 is 0 Å². The zero-order valence-corrected chi connectivity index (χ0v) is 12.1. The van der Waals surface area contributed by atoms with Gasteiger partial charge in [-0.2, -0.15) is 0 Å². The Kier molecular flexibility index (Phi) is 4.36. The Morgan fingerprint density at radius 2 is 1.90 bits per heavy atom. The lowest BCUT2D eigenvalue weighted by Gasteiger charge is -2.24. The lowest BCUT2D eigenvalue weighted by atomic mass is 9.92. The Bertz CT molecular complexity index is 440. The summed E-state index contributed by atoms with van der Waals surface area (Å²) in [7, 11) is 0. The largest absolute Gasteiger partial charge is 0.341 e. The highest BCUT2D eigenvalue weighted by Crippen LogP contribution is 2.28. The summed E-state index contributed by atoms with van der Waals surface area (Å²) in [6, 6.07) is 10.8. The molecule has 0 bridgehead atoms. The Balaban J connectivity index is 1.60. The van der Waals surface area contributed by atoms with Crippen molar-refractivity contribution in [3.63, 3.8) is 0 Å². The molecule has 20 heavy (non-hydrogen) atoms. The van der Waals surface area contributed by atoms with E-state index in [1.807, 2.05) is 0 Å². The third-order valence-electron chi connectivity index (χ3n) is 4.67. The lowest BCUT2D eigenvalue weighted by molar-refractivity contribution is -0.133. The summed E-state index contributed by atoms with van der Waals surface area (Å²) in [5.41, 5.74) is 1.43. The van der Waals surface area contributed by atoms with Crippen molar-refractivity contribution in [3.8, 4) is 0 Å². The molecule has 1 aromatic rings. The summed E-state index contributed by atoms with van der Waals surface area (Å²) < 4.78 is 0. The molecule has 3 nitrogen and oxygen atoms in total. The van der Waals surface area contributed by atoms with Gasteiger partial charge in [-0.1, -0.05) is 30.3 Å². The summed E-state index contributed by atoms with van der Waals surface area (Å²) in [5, 5.41) is 3.33. The molecule has 2 aliphatic heterocycles. The number of likely N-dealkylation sites (tertiary alicyclic amines) is 1. The molecular formula is C17H24N2O. The number of benzene rings is 1. The maximum absolute atomic E-state index is 12.5. The number of rotatable bonds is 2. The summed E-state index contributed by atoms with van der Waals surface area (Å²) in [4.78, 5) is 14.5. The van der Waals surface area contributed by atoms with Gasteiger partial charge in [-0.15, -0.1) is 0 Å². The average Bonchev–Trinajstić information content (AvgIpc) is 2.92. The Morgan fingerprint density at radius 1 is 1.05 bits per heavy atom. The summed E-state index contributed by atoms with van der Waals surface area (Å²) >= 11 is 0. The number of amides is 1. The first-order chi connectivity index (χ1) is 9.84. The number of carbonyl (C=O) groups excluding carboxylic acids is 1. The van der Waals surface area contributed by atoms with Crippen LogP contribution in [0.3, 0.4) is 0 Å². The molecule has 2 aliphatic rings. The molecule has 2 heterocycles. The fourth-order valence-electron chi connectivity index (χ4n) is 3.49. The smallest absolute Gasteiger partial charge is 0.239 e. The van der Waals surface area contributed by atoms with Gasteiger partial charge in [0.1, 0.15) is 0 Å². The summed E-state index contributed by atoms with van der Waals surface area (Å²) in [6.07, 6.45) is 5.57. The first-order valence-electron chi connectivity index (χ1n) is 7.92. The molecule has 108 valence electrons. The van der Waals surface area contributed by atoms with Crippen molar-refractivity contribution in [2.45, 2.75) is 44.1 Å². The molecule has 1 amide bonds. The highest BCUT2D eigenvalue weighted by Gasteiger charge is 2.28. The minimum Gasteiger partial charge on any atom is -0.341 e. The zero-order chi connectivity index (χ0) is 13.8. The van der Waals surface area contributed by atoms with Crippen LogP contribution in [0, 0.1) is 0 Å². The van der Waals surface area contributed by atoms with Crippen LogP contribution in [0.2, 0.25) is 0 Å². The van der Waals surface area contributed by atoms with Gasteiger partial charge in [-0.3, -0.25) is 4.79 Å². The van der Waals surface area contributed by atoms with E-state index in [0.717, 1.165) is 45.3 Å². The molecule has 3 rings (SSSR count). The van der Waals surface area contributed by atoms with Crippen molar-refractivity contribution in [1.29, 1.82) is 0 Å². The van der Waals surface area contributed by atoms with Crippen LogP contribution in [0.15, 0.2) is 30.3 Å². The fraction of sp³-hybridized carbons (Fsp3) is 0.588. The van der Waals surface area contributed by atoms with Gasteiger partial charge < -0.3 is 10.2 Å². The third-order valence-corrected chi connectivity index (χ3v) is 4.67. The van der Waals surface area contributed by atoms with E-state index in [9.17, 15) is 4.79 Å².